The molecule has 1 aromatic carbocycles. The fourth-order valence-corrected chi connectivity index (χ4v) is 2.39. The van der Waals surface area contributed by atoms with E-state index in [2.05, 4.69) is 5.32 Å². The summed E-state index contributed by atoms with van der Waals surface area (Å²) in [6, 6.07) is 5.07. The van der Waals surface area contributed by atoms with Gasteiger partial charge < -0.3 is 14.8 Å². The molecule has 3 nitrogen and oxygen atoms in total. The molecule has 0 bridgehead atoms. The summed E-state index contributed by atoms with van der Waals surface area (Å²) in [5.74, 6) is 0. The van der Waals surface area contributed by atoms with Gasteiger partial charge in [0.05, 0.1) is 31.4 Å². The van der Waals surface area contributed by atoms with Gasteiger partial charge in [-0.1, -0.05) is 25.1 Å². The lowest BCUT2D eigenvalue weighted by Gasteiger charge is -2.32. The molecule has 0 aliphatic carbocycles. The topological polar surface area (TPSA) is 30.5 Å². The highest BCUT2D eigenvalue weighted by molar-refractivity contribution is 5.33. The molecule has 2 unspecified atom stereocenters. The van der Waals surface area contributed by atoms with Crippen LogP contribution < -0.4 is 5.32 Å². The van der Waals surface area contributed by atoms with E-state index in [0.29, 0.717) is 26.4 Å². The van der Waals surface area contributed by atoms with Gasteiger partial charge in [-0.3, -0.25) is 0 Å². The van der Waals surface area contributed by atoms with Crippen molar-refractivity contribution >= 4 is 0 Å². The van der Waals surface area contributed by atoms with Crippen LogP contribution in [0.2, 0.25) is 0 Å². The van der Waals surface area contributed by atoms with Gasteiger partial charge in [0, 0.05) is 0 Å². The Morgan fingerprint density at radius 2 is 2.05 bits per heavy atom. The summed E-state index contributed by atoms with van der Waals surface area (Å²) in [5.41, 5.74) is -0.419. The van der Waals surface area contributed by atoms with E-state index in [1.54, 1.807) is 6.07 Å². The first-order chi connectivity index (χ1) is 9.54. The van der Waals surface area contributed by atoms with E-state index < -0.39 is 23.9 Å². The van der Waals surface area contributed by atoms with Crippen LogP contribution in [0.25, 0.3) is 0 Å². The maximum atomic E-state index is 13.1. The number of alkyl halides is 3. The first kappa shape index (κ1) is 15.3. The summed E-state index contributed by atoms with van der Waals surface area (Å²) >= 11 is 0. The van der Waals surface area contributed by atoms with Crippen LogP contribution >= 0.6 is 0 Å². The summed E-state index contributed by atoms with van der Waals surface area (Å²) in [5, 5.41) is 3.08. The molecule has 1 aromatic rings. The zero-order chi connectivity index (χ0) is 14.6. The van der Waals surface area contributed by atoms with Gasteiger partial charge in [-0.25, -0.2) is 0 Å². The summed E-state index contributed by atoms with van der Waals surface area (Å²) in [7, 11) is 0. The third-order valence-electron chi connectivity index (χ3n) is 3.24. The van der Waals surface area contributed by atoms with Gasteiger partial charge in [0.1, 0.15) is 6.10 Å². The van der Waals surface area contributed by atoms with Crippen molar-refractivity contribution in [1.82, 2.24) is 5.32 Å². The van der Waals surface area contributed by atoms with Crippen molar-refractivity contribution in [3.05, 3.63) is 35.4 Å². The van der Waals surface area contributed by atoms with E-state index in [9.17, 15) is 13.2 Å². The Kier molecular flexibility index (Phi) is 5.01. The Labute approximate surface area is 116 Å². The van der Waals surface area contributed by atoms with Gasteiger partial charge >= 0.3 is 6.18 Å². The van der Waals surface area contributed by atoms with Crippen LogP contribution in [0.3, 0.4) is 0 Å². The molecule has 0 aromatic heterocycles. The zero-order valence-electron chi connectivity index (χ0n) is 11.2. The van der Waals surface area contributed by atoms with E-state index >= 15 is 0 Å². The molecular weight excluding hydrogens is 271 g/mol. The lowest BCUT2D eigenvalue weighted by molar-refractivity contribution is -0.140. The monoisotopic (exact) mass is 289 g/mol. The highest BCUT2D eigenvalue weighted by Crippen LogP contribution is 2.36. The van der Waals surface area contributed by atoms with E-state index in [1.165, 1.54) is 12.1 Å². The van der Waals surface area contributed by atoms with Crippen molar-refractivity contribution in [1.29, 1.82) is 0 Å². The second-order valence-electron chi connectivity index (χ2n) is 4.60. The molecular formula is C14H18F3NO2. The van der Waals surface area contributed by atoms with Crippen molar-refractivity contribution in [2.75, 3.05) is 26.4 Å². The molecule has 1 aliphatic heterocycles. The number of ether oxygens (including phenoxy) is 2. The molecule has 2 atom stereocenters. The molecule has 1 saturated heterocycles. The number of rotatable bonds is 4. The van der Waals surface area contributed by atoms with Crippen LogP contribution in [0.1, 0.15) is 24.1 Å². The van der Waals surface area contributed by atoms with Crippen LogP contribution in [-0.4, -0.2) is 32.5 Å². The Hall–Kier alpha value is -1.11. The van der Waals surface area contributed by atoms with Crippen molar-refractivity contribution < 1.29 is 22.6 Å². The van der Waals surface area contributed by atoms with Gasteiger partial charge in [-0.2, -0.15) is 13.2 Å². The van der Waals surface area contributed by atoms with Gasteiger partial charge in [-0.05, 0) is 18.2 Å². The largest absolute Gasteiger partial charge is 0.416 e. The van der Waals surface area contributed by atoms with E-state index in [-0.39, 0.29) is 5.56 Å². The maximum Gasteiger partial charge on any atom is 0.416 e. The standard InChI is InChI=1S/C14H18F3NO2/c1-2-18-13(12-9-19-7-8-20-12)10-5-3-4-6-11(10)14(15,16)17/h3-6,12-13,18H,2,7-9H2,1H3. The van der Waals surface area contributed by atoms with Crippen LogP contribution in [0.15, 0.2) is 24.3 Å². The van der Waals surface area contributed by atoms with E-state index in [4.69, 9.17) is 9.47 Å². The van der Waals surface area contributed by atoms with Crippen LogP contribution in [-0.2, 0) is 15.7 Å². The zero-order valence-corrected chi connectivity index (χ0v) is 11.2. The molecule has 6 heteroatoms. The first-order valence-corrected chi connectivity index (χ1v) is 6.63. The molecule has 20 heavy (non-hydrogen) atoms. The minimum atomic E-state index is -4.38. The van der Waals surface area contributed by atoms with Crippen LogP contribution in [0.5, 0.6) is 0 Å². The molecule has 112 valence electrons. The number of benzene rings is 1. The van der Waals surface area contributed by atoms with Gasteiger partial charge in [0.25, 0.3) is 0 Å². The van der Waals surface area contributed by atoms with Crippen molar-refractivity contribution in [3.63, 3.8) is 0 Å². The summed E-state index contributed by atoms with van der Waals surface area (Å²) in [4.78, 5) is 0. The van der Waals surface area contributed by atoms with Crippen molar-refractivity contribution in [3.8, 4) is 0 Å². The lowest BCUT2D eigenvalue weighted by Crippen LogP contribution is -2.41. The first-order valence-electron chi connectivity index (χ1n) is 6.63. The number of hydrogen-bond donors (Lipinski definition) is 1. The molecule has 0 radical (unpaired) electrons. The molecule has 1 heterocycles. The van der Waals surface area contributed by atoms with E-state index in [0.717, 1.165) is 6.07 Å². The predicted molar refractivity (Wildman–Crippen MR) is 68.4 cm³/mol. The Balaban J connectivity index is 2.33. The maximum absolute atomic E-state index is 13.1. The van der Waals surface area contributed by atoms with Gasteiger partial charge in [-0.15, -0.1) is 0 Å². The lowest BCUT2D eigenvalue weighted by atomic mass is 9.95. The third-order valence-corrected chi connectivity index (χ3v) is 3.24. The molecule has 1 N–H and O–H groups in total. The number of nitrogens with one attached hydrogen (secondary N) is 1. The highest BCUT2D eigenvalue weighted by Gasteiger charge is 2.37. The average molecular weight is 289 g/mol. The third kappa shape index (κ3) is 3.50. The number of likely N-dealkylation sites (N-methyl/N-ethyl adjacent to an activating group) is 1. The molecule has 1 fully saturated rings. The highest BCUT2D eigenvalue weighted by atomic mass is 19.4. The minimum absolute atomic E-state index is 0.206. The normalized spacial score (nSPS) is 21.7. The minimum Gasteiger partial charge on any atom is -0.376 e. The Bertz CT molecular complexity index is 431. The molecule has 0 saturated carbocycles. The Morgan fingerprint density at radius 1 is 1.30 bits per heavy atom. The van der Waals surface area contributed by atoms with Crippen molar-refractivity contribution in [2.24, 2.45) is 0 Å². The van der Waals surface area contributed by atoms with Crippen molar-refractivity contribution in [2.45, 2.75) is 25.2 Å². The van der Waals surface area contributed by atoms with Gasteiger partial charge in [0.2, 0.25) is 0 Å². The summed E-state index contributed by atoms with van der Waals surface area (Å²) in [6.07, 6.45) is -4.79. The summed E-state index contributed by atoms with van der Waals surface area (Å²) < 4.78 is 50.2. The molecule has 0 spiro atoms. The second kappa shape index (κ2) is 6.56. The van der Waals surface area contributed by atoms with Crippen LogP contribution in [0, 0.1) is 0 Å². The predicted octanol–water partition coefficient (Wildman–Crippen LogP) is 2.77. The van der Waals surface area contributed by atoms with Gasteiger partial charge in [0.15, 0.2) is 0 Å². The fraction of sp³-hybridized carbons (Fsp3) is 0.571. The second-order valence-corrected chi connectivity index (χ2v) is 4.60. The smallest absolute Gasteiger partial charge is 0.376 e. The molecule has 0 amide bonds. The number of hydrogen-bond acceptors (Lipinski definition) is 3. The van der Waals surface area contributed by atoms with Crippen LogP contribution in [0.4, 0.5) is 13.2 Å². The SMILES string of the molecule is CCNC(c1ccccc1C(F)(F)F)C1COCCO1. The molecule has 1 aliphatic rings. The quantitative estimate of drug-likeness (QED) is 0.924. The fourth-order valence-electron chi connectivity index (χ4n) is 2.39. The number of halogens is 3. The average Bonchev–Trinajstić information content (AvgIpc) is 2.45. The Morgan fingerprint density at radius 3 is 2.65 bits per heavy atom. The summed E-state index contributed by atoms with van der Waals surface area (Å²) in [6.45, 7) is 3.59. The molecule has 2 rings (SSSR count). The van der Waals surface area contributed by atoms with E-state index in [1.807, 2.05) is 6.92 Å².